The van der Waals surface area contributed by atoms with Crippen LogP contribution in [0.2, 0.25) is 0 Å². The highest BCUT2D eigenvalue weighted by Gasteiger charge is 2.41. The average Bonchev–Trinajstić information content (AvgIpc) is 2.88. The van der Waals surface area contributed by atoms with Crippen molar-refractivity contribution in [2.75, 3.05) is 6.61 Å². The first-order chi connectivity index (χ1) is 17.4. The lowest BCUT2D eigenvalue weighted by molar-refractivity contribution is -0.206. The van der Waals surface area contributed by atoms with Crippen LogP contribution >= 0.6 is 0 Å². The van der Waals surface area contributed by atoms with Gasteiger partial charge in [-0.25, -0.2) is 15.3 Å². The lowest BCUT2D eigenvalue weighted by atomic mass is 10.1. The molecule has 0 spiro atoms. The fourth-order valence-electron chi connectivity index (χ4n) is 4.14. The Hall–Kier alpha value is -3.04. The van der Waals surface area contributed by atoms with Crippen LogP contribution in [0.1, 0.15) is 77.2 Å². The Balaban J connectivity index is 1.87. The quantitative estimate of drug-likeness (QED) is 0.367. The highest BCUT2D eigenvalue weighted by molar-refractivity contribution is 6.00. The predicted octanol–water partition coefficient (Wildman–Crippen LogP) is 3.75. The molecule has 0 aromatic heterocycles. The van der Waals surface area contributed by atoms with Gasteiger partial charge >= 0.3 is 0 Å². The number of piperidine rings is 1. The van der Waals surface area contributed by atoms with Crippen molar-refractivity contribution in [2.45, 2.75) is 84.0 Å². The summed E-state index contributed by atoms with van der Waals surface area (Å²) in [4.78, 5) is 58.0. The van der Waals surface area contributed by atoms with Gasteiger partial charge in [0.15, 0.2) is 6.29 Å². The van der Waals surface area contributed by atoms with Gasteiger partial charge in [0.05, 0.1) is 0 Å². The number of carbonyl (C=O) groups excluding carboxylic acids is 4. The van der Waals surface area contributed by atoms with E-state index in [1.165, 1.54) is 0 Å². The molecule has 4 amide bonds. The van der Waals surface area contributed by atoms with Crippen molar-refractivity contribution in [2.24, 2.45) is 5.92 Å². The number of nitrogens with zero attached hydrogens (tertiary/aromatic N) is 2. The lowest BCUT2D eigenvalue weighted by Gasteiger charge is -2.39. The summed E-state index contributed by atoms with van der Waals surface area (Å²) < 4.78 is 5.52. The molecule has 9 nitrogen and oxygen atoms in total. The zero-order chi connectivity index (χ0) is 25.9. The van der Waals surface area contributed by atoms with Gasteiger partial charge in [-0.15, -0.1) is 0 Å². The molecule has 1 aromatic rings. The molecule has 2 aliphatic rings. The summed E-state index contributed by atoms with van der Waals surface area (Å²) in [5, 5.41) is 1.94. The van der Waals surface area contributed by atoms with Crippen LogP contribution in [0, 0.1) is 5.92 Å². The van der Waals surface area contributed by atoms with Crippen molar-refractivity contribution in [1.29, 1.82) is 0 Å². The standard InChI is InChI=1S/C27H37N3O6/c1-20(2)17-18-25(33)29(30-23(31)14-9-15-24(30)32)22(13-8-12-21-10-4-3-5-11-21)27(34)28-36-26-16-6-7-19-35-26/h3-5,8,10-12,20,22,26H,6-7,9,13-19H2,1-2H3,(H,28,34)/t22?,26-/m0/s1. The number of amides is 4. The maximum atomic E-state index is 13.4. The van der Waals surface area contributed by atoms with Crippen LogP contribution in [0.5, 0.6) is 0 Å². The van der Waals surface area contributed by atoms with Crippen LogP contribution in [-0.4, -0.2) is 52.6 Å². The van der Waals surface area contributed by atoms with Gasteiger partial charge < -0.3 is 4.74 Å². The molecule has 9 heteroatoms. The molecule has 0 radical (unpaired) electrons. The summed E-state index contributed by atoms with van der Waals surface area (Å²) in [5.74, 6) is -1.79. The number of hydrogen-bond donors (Lipinski definition) is 1. The predicted molar refractivity (Wildman–Crippen MR) is 133 cm³/mol. The van der Waals surface area contributed by atoms with Crippen LogP contribution < -0.4 is 5.48 Å². The van der Waals surface area contributed by atoms with Gasteiger partial charge in [-0.05, 0) is 43.6 Å². The number of nitrogens with one attached hydrogen (secondary N) is 1. The number of hydroxylamine groups is 1. The first kappa shape index (κ1) is 27.5. The third kappa shape index (κ3) is 7.99. The van der Waals surface area contributed by atoms with Gasteiger partial charge in [0.25, 0.3) is 5.91 Å². The van der Waals surface area contributed by atoms with Crippen LogP contribution in [0.25, 0.3) is 6.08 Å². The van der Waals surface area contributed by atoms with Gasteiger partial charge in [0.1, 0.15) is 6.04 Å². The summed E-state index contributed by atoms with van der Waals surface area (Å²) in [6.45, 7) is 4.51. The van der Waals surface area contributed by atoms with Crippen molar-refractivity contribution in [3.05, 3.63) is 42.0 Å². The van der Waals surface area contributed by atoms with E-state index in [2.05, 4.69) is 5.48 Å². The van der Waals surface area contributed by atoms with E-state index in [0.717, 1.165) is 28.4 Å². The number of imide groups is 1. The summed E-state index contributed by atoms with van der Waals surface area (Å²) in [5.41, 5.74) is 3.35. The maximum absolute atomic E-state index is 13.4. The van der Waals surface area contributed by atoms with Gasteiger partial charge in [-0.2, -0.15) is 5.01 Å². The number of benzene rings is 1. The molecule has 2 atom stereocenters. The molecule has 1 aromatic carbocycles. The Morgan fingerprint density at radius 1 is 1.14 bits per heavy atom. The lowest BCUT2D eigenvalue weighted by Crippen LogP contribution is -2.61. The molecule has 196 valence electrons. The zero-order valence-corrected chi connectivity index (χ0v) is 21.2. The van der Waals surface area contributed by atoms with E-state index in [4.69, 9.17) is 9.57 Å². The van der Waals surface area contributed by atoms with Crippen molar-refractivity contribution >= 4 is 29.7 Å². The monoisotopic (exact) mass is 499 g/mol. The molecule has 0 bridgehead atoms. The molecular weight excluding hydrogens is 462 g/mol. The van der Waals surface area contributed by atoms with Gasteiger partial charge in [-0.1, -0.05) is 56.3 Å². The molecule has 3 rings (SSSR count). The topological polar surface area (TPSA) is 105 Å². The van der Waals surface area contributed by atoms with Crippen LogP contribution in [0.4, 0.5) is 0 Å². The Kier molecular flexibility index (Phi) is 10.6. The molecule has 1 N–H and O–H groups in total. The SMILES string of the molecule is CC(C)CCC(=O)N(C(CC=Cc1ccccc1)C(=O)NO[C@H]1CCCCO1)N1C(=O)CCCC1=O. The van der Waals surface area contributed by atoms with E-state index in [1.54, 1.807) is 6.08 Å². The van der Waals surface area contributed by atoms with E-state index in [9.17, 15) is 19.2 Å². The Morgan fingerprint density at radius 3 is 2.50 bits per heavy atom. The van der Waals surface area contributed by atoms with Crippen molar-refractivity contribution < 1.29 is 28.8 Å². The second kappa shape index (κ2) is 13.9. The maximum Gasteiger partial charge on any atom is 0.268 e. The second-order valence-corrected chi connectivity index (χ2v) is 9.57. The number of hydrazine groups is 1. The van der Waals surface area contributed by atoms with Gasteiger partial charge in [-0.3, -0.25) is 19.2 Å². The zero-order valence-electron chi connectivity index (χ0n) is 21.2. The van der Waals surface area contributed by atoms with Gasteiger partial charge in [0.2, 0.25) is 17.7 Å². The van der Waals surface area contributed by atoms with E-state index in [0.29, 0.717) is 25.9 Å². The second-order valence-electron chi connectivity index (χ2n) is 9.57. The number of hydrogen-bond acceptors (Lipinski definition) is 6. The highest BCUT2D eigenvalue weighted by Crippen LogP contribution is 2.22. The Bertz CT molecular complexity index is 911. The van der Waals surface area contributed by atoms with Crippen LogP contribution in [0.3, 0.4) is 0 Å². The minimum absolute atomic E-state index is 0.0834. The molecule has 2 heterocycles. The summed E-state index contributed by atoms with van der Waals surface area (Å²) in [6, 6.07) is 8.38. The van der Waals surface area contributed by atoms with Crippen LogP contribution in [-0.2, 0) is 28.8 Å². The van der Waals surface area contributed by atoms with Crippen molar-refractivity contribution in [3.63, 3.8) is 0 Å². The minimum Gasteiger partial charge on any atom is -0.350 e. The van der Waals surface area contributed by atoms with Gasteiger partial charge in [0, 0.05) is 32.3 Å². The minimum atomic E-state index is -1.15. The molecule has 1 unspecified atom stereocenters. The fourth-order valence-corrected chi connectivity index (χ4v) is 4.14. The van der Waals surface area contributed by atoms with E-state index < -0.39 is 36.0 Å². The molecule has 2 saturated heterocycles. The van der Waals surface area contributed by atoms with Crippen LogP contribution in [0.15, 0.2) is 36.4 Å². The number of rotatable bonds is 11. The normalized spacial score (nSPS) is 19.5. The fraction of sp³-hybridized carbons (Fsp3) is 0.556. The molecule has 0 aliphatic carbocycles. The average molecular weight is 500 g/mol. The molecule has 0 saturated carbocycles. The third-order valence-corrected chi connectivity index (χ3v) is 6.16. The van der Waals surface area contributed by atoms with Crippen molar-refractivity contribution in [3.8, 4) is 0 Å². The van der Waals surface area contributed by atoms with E-state index in [1.807, 2.05) is 50.3 Å². The molecule has 2 aliphatic heterocycles. The summed E-state index contributed by atoms with van der Waals surface area (Å²) in [6.07, 6.45) is 6.96. The van der Waals surface area contributed by atoms with E-state index >= 15 is 0 Å². The smallest absolute Gasteiger partial charge is 0.268 e. The Morgan fingerprint density at radius 2 is 1.86 bits per heavy atom. The molecular formula is C27H37N3O6. The molecule has 36 heavy (non-hydrogen) atoms. The number of ether oxygens (including phenoxy) is 1. The first-order valence-corrected chi connectivity index (χ1v) is 12.8. The number of carbonyl (C=O) groups is 4. The highest BCUT2D eigenvalue weighted by atomic mass is 16.8. The first-order valence-electron chi connectivity index (χ1n) is 12.8. The van der Waals surface area contributed by atoms with E-state index in [-0.39, 0.29) is 31.6 Å². The molecule has 2 fully saturated rings. The third-order valence-electron chi connectivity index (χ3n) is 6.16. The summed E-state index contributed by atoms with van der Waals surface area (Å²) in [7, 11) is 0. The van der Waals surface area contributed by atoms with Crippen molar-refractivity contribution in [1.82, 2.24) is 15.5 Å². The summed E-state index contributed by atoms with van der Waals surface area (Å²) >= 11 is 0. The Labute approximate surface area is 212 Å². The largest absolute Gasteiger partial charge is 0.350 e.